The van der Waals surface area contributed by atoms with Crippen LogP contribution in [0.25, 0.3) is 5.69 Å². The molecule has 102 valence electrons. The van der Waals surface area contributed by atoms with E-state index >= 15 is 0 Å². The number of aromatic amines is 1. The largest absolute Gasteiger partial charge is 0.295 e. The minimum Gasteiger partial charge on any atom is -0.295 e. The fraction of sp³-hybridized carbons (Fsp3) is 0.438. The minimum absolute atomic E-state index is 0.114. The Morgan fingerprint density at radius 1 is 1.05 bits per heavy atom. The van der Waals surface area contributed by atoms with Crippen LogP contribution in [-0.4, -0.2) is 9.78 Å². The third-order valence-corrected chi connectivity index (χ3v) is 3.37. The van der Waals surface area contributed by atoms with Crippen LogP contribution in [0.5, 0.6) is 0 Å². The van der Waals surface area contributed by atoms with Crippen LogP contribution in [0.3, 0.4) is 0 Å². The van der Waals surface area contributed by atoms with Gasteiger partial charge in [-0.25, -0.2) is 4.68 Å². The molecule has 0 bridgehead atoms. The quantitative estimate of drug-likeness (QED) is 0.846. The summed E-state index contributed by atoms with van der Waals surface area (Å²) in [5, 5.41) is 3.28. The Balaban J connectivity index is 2.43. The highest BCUT2D eigenvalue weighted by Crippen LogP contribution is 2.11. The first-order valence-corrected chi connectivity index (χ1v) is 7.16. The molecule has 3 heteroatoms. The van der Waals surface area contributed by atoms with Crippen molar-refractivity contribution < 1.29 is 0 Å². The van der Waals surface area contributed by atoms with Gasteiger partial charge in [0.1, 0.15) is 0 Å². The second-order valence-electron chi connectivity index (χ2n) is 4.90. The van der Waals surface area contributed by atoms with E-state index < -0.39 is 0 Å². The Kier molecular flexibility index (Phi) is 4.61. The number of hydrogen-bond acceptors (Lipinski definition) is 1. The van der Waals surface area contributed by atoms with E-state index in [1.807, 2.05) is 30.3 Å². The molecule has 0 fully saturated rings. The monoisotopic (exact) mass is 258 g/mol. The molecule has 0 aliphatic rings. The number of nitrogens with zero attached hydrogens (tertiary/aromatic N) is 1. The highest BCUT2D eigenvalue weighted by atomic mass is 16.1. The Morgan fingerprint density at radius 3 is 2.42 bits per heavy atom. The number of benzene rings is 1. The fourth-order valence-electron chi connectivity index (χ4n) is 2.34. The first-order chi connectivity index (χ1) is 9.27. The Labute approximate surface area is 114 Å². The molecule has 1 heterocycles. The van der Waals surface area contributed by atoms with Crippen LogP contribution in [0.15, 0.2) is 35.1 Å². The third-order valence-electron chi connectivity index (χ3n) is 3.37. The van der Waals surface area contributed by atoms with Crippen LogP contribution in [0, 0.1) is 0 Å². The van der Waals surface area contributed by atoms with Gasteiger partial charge in [-0.3, -0.25) is 9.89 Å². The standard InChI is InChI=1S/C16H22N2O/c1-3-5-12-14-15(9-4-2)17-18(16(14)19)13-10-7-6-8-11-13/h6-8,10-11,17H,3-5,9,12H2,1-2H3. The molecule has 0 saturated heterocycles. The van der Waals surface area contributed by atoms with E-state index in [-0.39, 0.29) is 5.56 Å². The first kappa shape index (κ1) is 13.7. The molecule has 0 radical (unpaired) electrons. The second-order valence-corrected chi connectivity index (χ2v) is 4.90. The zero-order valence-electron chi connectivity index (χ0n) is 11.8. The van der Waals surface area contributed by atoms with E-state index in [1.54, 1.807) is 4.68 Å². The van der Waals surface area contributed by atoms with Crippen molar-refractivity contribution in [3.8, 4) is 5.69 Å². The molecular weight excluding hydrogens is 236 g/mol. The summed E-state index contributed by atoms with van der Waals surface area (Å²) in [5.74, 6) is 0. The van der Waals surface area contributed by atoms with Crippen LogP contribution in [0.2, 0.25) is 0 Å². The van der Waals surface area contributed by atoms with E-state index in [9.17, 15) is 4.79 Å². The maximum absolute atomic E-state index is 12.5. The minimum atomic E-state index is 0.114. The van der Waals surface area contributed by atoms with Gasteiger partial charge in [0.25, 0.3) is 5.56 Å². The molecule has 0 spiro atoms. The number of rotatable bonds is 6. The lowest BCUT2D eigenvalue weighted by Crippen LogP contribution is -2.17. The highest BCUT2D eigenvalue weighted by molar-refractivity contribution is 5.33. The Hall–Kier alpha value is -1.77. The fourth-order valence-corrected chi connectivity index (χ4v) is 2.34. The number of para-hydroxylation sites is 1. The molecule has 0 saturated carbocycles. The van der Waals surface area contributed by atoms with Crippen LogP contribution in [-0.2, 0) is 12.8 Å². The summed E-state index contributed by atoms with van der Waals surface area (Å²) in [5.41, 5.74) is 3.09. The first-order valence-electron chi connectivity index (χ1n) is 7.16. The lowest BCUT2D eigenvalue weighted by atomic mass is 10.1. The van der Waals surface area contributed by atoms with Gasteiger partial charge < -0.3 is 0 Å². The molecule has 1 aromatic carbocycles. The summed E-state index contributed by atoms with van der Waals surface area (Å²) in [6.07, 6.45) is 5.04. The van der Waals surface area contributed by atoms with E-state index in [4.69, 9.17) is 0 Å². The topological polar surface area (TPSA) is 37.8 Å². The predicted octanol–water partition coefficient (Wildman–Crippen LogP) is 3.46. The molecule has 0 aliphatic heterocycles. The molecule has 2 rings (SSSR count). The lowest BCUT2D eigenvalue weighted by molar-refractivity contribution is 0.773. The maximum atomic E-state index is 12.5. The predicted molar refractivity (Wildman–Crippen MR) is 79.0 cm³/mol. The van der Waals surface area contributed by atoms with Crippen molar-refractivity contribution >= 4 is 0 Å². The maximum Gasteiger partial charge on any atom is 0.274 e. The van der Waals surface area contributed by atoms with Gasteiger partial charge in [0.15, 0.2) is 0 Å². The highest BCUT2D eigenvalue weighted by Gasteiger charge is 2.13. The van der Waals surface area contributed by atoms with Gasteiger partial charge in [0.05, 0.1) is 5.69 Å². The van der Waals surface area contributed by atoms with Gasteiger partial charge in [-0.1, -0.05) is 44.9 Å². The zero-order valence-corrected chi connectivity index (χ0v) is 11.8. The SMILES string of the molecule is CCCCc1c(CCC)[nH]n(-c2ccccc2)c1=O. The van der Waals surface area contributed by atoms with Crippen molar-refractivity contribution in [1.82, 2.24) is 9.78 Å². The van der Waals surface area contributed by atoms with Gasteiger partial charge in [0, 0.05) is 11.3 Å². The van der Waals surface area contributed by atoms with Gasteiger partial charge in [-0.05, 0) is 31.4 Å². The summed E-state index contributed by atoms with van der Waals surface area (Å²) >= 11 is 0. The van der Waals surface area contributed by atoms with Crippen molar-refractivity contribution in [3.05, 3.63) is 51.9 Å². The molecule has 19 heavy (non-hydrogen) atoms. The van der Waals surface area contributed by atoms with Crippen molar-refractivity contribution in [2.45, 2.75) is 46.0 Å². The molecule has 3 nitrogen and oxygen atoms in total. The molecular formula is C16H22N2O. The molecule has 1 N–H and O–H groups in total. The van der Waals surface area contributed by atoms with E-state index in [0.29, 0.717) is 0 Å². The smallest absolute Gasteiger partial charge is 0.274 e. The summed E-state index contributed by atoms with van der Waals surface area (Å²) in [6.45, 7) is 4.30. The molecule has 2 aromatic rings. The number of H-pyrrole nitrogens is 1. The summed E-state index contributed by atoms with van der Waals surface area (Å²) < 4.78 is 1.68. The third kappa shape index (κ3) is 2.98. The average Bonchev–Trinajstić information content (AvgIpc) is 2.75. The van der Waals surface area contributed by atoms with Crippen molar-refractivity contribution in [3.63, 3.8) is 0 Å². The average molecular weight is 258 g/mol. The molecule has 1 aromatic heterocycles. The van der Waals surface area contributed by atoms with Crippen molar-refractivity contribution in [2.75, 3.05) is 0 Å². The van der Waals surface area contributed by atoms with Crippen molar-refractivity contribution in [2.24, 2.45) is 0 Å². The zero-order chi connectivity index (χ0) is 13.7. The number of aromatic nitrogens is 2. The van der Waals surface area contributed by atoms with Gasteiger partial charge in [-0.15, -0.1) is 0 Å². The molecule has 0 unspecified atom stereocenters. The van der Waals surface area contributed by atoms with E-state index in [0.717, 1.165) is 49.0 Å². The Morgan fingerprint density at radius 2 is 1.79 bits per heavy atom. The van der Waals surface area contributed by atoms with Gasteiger partial charge in [0.2, 0.25) is 0 Å². The second kappa shape index (κ2) is 6.41. The van der Waals surface area contributed by atoms with Crippen LogP contribution >= 0.6 is 0 Å². The number of nitrogens with one attached hydrogen (secondary N) is 1. The Bertz CT molecular complexity index is 566. The van der Waals surface area contributed by atoms with Gasteiger partial charge in [-0.2, -0.15) is 0 Å². The van der Waals surface area contributed by atoms with Crippen LogP contribution in [0.1, 0.15) is 44.4 Å². The van der Waals surface area contributed by atoms with Crippen LogP contribution < -0.4 is 5.56 Å². The summed E-state index contributed by atoms with van der Waals surface area (Å²) in [7, 11) is 0. The number of aryl methyl sites for hydroxylation is 1. The molecule has 0 aliphatic carbocycles. The number of unbranched alkanes of at least 4 members (excludes halogenated alkanes) is 1. The van der Waals surface area contributed by atoms with Gasteiger partial charge >= 0.3 is 0 Å². The van der Waals surface area contributed by atoms with E-state index in [2.05, 4.69) is 18.9 Å². The van der Waals surface area contributed by atoms with E-state index in [1.165, 1.54) is 0 Å². The summed E-state index contributed by atoms with van der Waals surface area (Å²) in [4.78, 5) is 12.5. The normalized spacial score (nSPS) is 10.8. The number of hydrogen-bond donors (Lipinski definition) is 1. The van der Waals surface area contributed by atoms with Crippen LogP contribution in [0.4, 0.5) is 0 Å². The molecule has 0 atom stereocenters. The molecule has 0 amide bonds. The van der Waals surface area contributed by atoms with Crippen molar-refractivity contribution in [1.29, 1.82) is 0 Å². The summed E-state index contributed by atoms with van der Waals surface area (Å²) in [6, 6.07) is 9.78. The lowest BCUT2D eigenvalue weighted by Gasteiger charge is -2.00.